The number of fused-ring (bicyclic) bond motifs is 1. The number of nitrogens with one attached hydrogen (secondary N) is 1. The first-order valence-corrected chi connectivity index (χ1v) is 7.76. The summed E-state index contributed by atoms with van der Waals surface area (Å²) in [4.78, 5) is 12.6. The Morgan fingerprint density at radius 3 is 2.65 bits per heavy atom. The summed E-state index contributed by atoms with van der Waals surface area (Å²) in [6.07, 6.45) is 0.784. The van der Waals surface area contributed by atoms with Crippen LogP contribution in [0.3, 0.4) is 0 Å². The van der Waals surface area contributed by atoms with Crippen LogP contribution in [0.1, 0.15) is 21.6 Å². The number of rotatable bonds is 1. The van der Waals surface area contributed by atoms with Gasteiger partial charge in [0.1, 0.15) is 10.4 Å². The number of carbonyl (C=O) groups is 1. The van der Waals surface area contributed by atoms with Gasteiger partial charge in [-0.3, -0.25) is 9.36 Å². The number of halogens is 3. The minimum absolute atomic E-state index is 0.152. The van der Waals surface area contributed by atoms with Gasteiger partial charge in [0.05, 0.1) is 4.47 Å². The zero-order valence-corrected chi connectivity index (χ0v) is 13.6. The fraction of sp³-hybridized carbons (Fsp3) is 0.214. The van der Waals surface area contributed by atoms with Gasteiger partial charge < -0.3 is 5.32 Å². The van der Waals surface area contributed by atoms with Crippen LogP contribution in [-0.4, -0.2) is 17.0 Å². The molecule has 104 valence electrons. The third-order valence-corrected chi connectivity index (χ3v) is 5.53. The van der Waals surface area contributed by atoms with E-state index in [0.717, 1.165) is 35.2 Å². The summed E-state index contributed by atoms with van der Waals surface area (Å²) >= 11 is 6.99. The van der Waals surface area contributed by atoms with Gasteiger partial charge in [-0.15, -0.1) is 0 Å². The molecule has 1 aliphatic heterocycles. The SMILES string of the molecule is O=C(c1ccc(F)cc1)n1c(Br)c(Br)c2c1CCNC2. The minimum atomic E-state index is -0.347. The molecule has 3 rings (SSSR count). The van der Waals surface area contributed by atoms with Crippen molar-refractivity contribution in [1.82, 2.24) is 9.88 Å². The van der Waals surface area contributed by atoms with Crippen LogP contribution in [-0.2, 0) is 13.0 Å². The highest BCUT2D eigenvalue weighted by molar-refractivity contribution is 9.13. The molecule has 0 bridgehead atoms. The molecule has 0 unspecified atom stereocenters. The fourth-order valence-electron chi connectivity index (χ4n) is 2.40. The summed E-state index contributed by atoms with van der Waals surface area (Å²) < 4.78 is 16.2. The van der Waals surface area contributed by atoms with Crippen LogP contribution in [0.25, 0.3) is 0 Å². The lowest BCUT2D eigenvalue weighted by Gasteiger charge is -2.16. The van der Waals surface area contributed by atoms with Gasteiger partial charge in [-0.05, 0) is 56.1 Å². The van der Waals surface area contributed by atoms with Gasteiger partial charge in [0.15, 0.2) is 0 Å². The zero-order valence-electron chi connectivity index (χ0n) is 10.4. The molecule has 2 aromatic rings. The van der Waals surface area contributed by atoms with E-state index in [9.17, 15) is 9.18 Å². The zero-order chi connectivity index (χ0) is 14.3. The number of aromatic nitrogens is 1. The van der Waals surface area contributed by atoms with Crippen LogP contribution in [0.5, 0.6) is 0 Å². The Morgan fingerprint density at radius 2 is 1.95 bits per heavy atom. The largest absolute Gasteiger partial charge is 0.312 e. The summed E-state index contributed by atoms with van der Waals surface area (Å²) in [5, 5.41) is 3.28. The second kappa shape index (κ2) is 5.42. The highest BCUT2D eigenvalue weighted by Gasteiger charge is 2.25. The maximum absolute atomic E-state index is 13.0. The van der Waals surface area contributed by atoms with Crippen molar-refractivity contribution in [2.45, 2.75) is 13.0 Å². The minimum Gasteiger partial charge on any atom is -0.312 e. The van der Waals surface area contributed by atoms with Crippen molar-refractivity contribution < 1.29 is 9.18 Å². The summed E-state index contributed by atoms with van der Waals surface area (Å²) in [5.74, 6) is -0.499. The molecule has 0 spiro atoms. The Kier molecular flexibility index (Phi) is 3.79. The molecule has 1 N–H and O–H groups in total. The number of carbonyl (C=O) groups excluding carboxylic acids is 1. The summed E-state index contributed by atoms with van der Waals surface area (Å²) in [7, 11) is 0. The van der Waals surface area contributed by atoms with Gasteiger partial charge in [0.2, 0.25) is 0 Å². The number of nitrogens with zero attached hydrogens (tertiary/aromatic N) is 1. The lowest BCUT2D eigenvalue weighted by Crippen LogP contribution is -2.26. The molecule has 0 fully saturated rings. The van der Waals surface area contributed by atoms with Crippen LogP contribution in [0.15, 0.2) is 33.3 Å². The van der Waals surface area contributed by atoms with E-state index in [1.165, 1.54) is 24.3 Å². The summed E-state index contributed by atoms with van der Waals surface area (Å²) in [5.41, 5.74) is 2.56. The molecule has 1 aromatic heterocycles. The van der Waals surface area contributed by atoms with Crippen LogP contribution in [0, 0.1) is 5.82 Å². The van der Waals surface area contributed by atoms with Crippen molar-refractivity contribution in [2.75, 3.05) is 6.54 Å². The topological polar surface area (TPSA) is 34.0 Å². The van der Waals surface area contributed by atoms with Gasteiger partial charge in [0, 0.05) is 36.3 Å². The van der Waals surface area contributed by atoms with E-state index in [1.54, 1.807) is 4.57 Å². The quantitative estimate of drug-likeness (QED) is 0.793. The maximum Gasteiger partial charge on any atom is 0.263 e. The van der Waals surface area contributed by atoms with Crippen LogP contribution >= 0.6 is 31.9 Å². The van der Waals surface area contributed by atoms with Crippen molar-refractivity contribution in [1.29, 1.82) is 0 Å². The van der Waals surface area contributed by atoms with Gasteiger partial charge in [-0.25, -0.2) is 4.39 Å². The summed E-state index contributed by atoms with van der Waals surface area (Å²) in [6.45, 7) is 1.57. The molecule has 3 nitrogen and oxygen atoms in total. The molecule has 0 saturated carbocycles. The Morgan fingerprint density at radius 1 is 1.25 bits per heavy atom. The third-order valence-electron chi connectivity index (χ3n) is 3.40. The average Bonchev–Trinajstić information content (AvgIpc) is 2.72. The van der Waals surface area contributed by atoms with E-state index in [-0.39, 0.29) is 11.7 Å². The van der Waals surface area contributed by atoms with Crippen LogP contribution in [0.4, 0.5) is 4.39 Å². The molecule has 20 heavy (non-hydrogen) atoms. The molecule has 6 heteroatoms. The molecular formula is C14H11Br2FN2O. The van der Waals surface area contributed by atoms with Crippen LogP contribution in [0.2, 0.25) is 0 Å². The summed E-state index contributed by atoms with van der Waals surface area (Å²) in [6, 6.07) is 5.61. The van der Waals surface area contributed by atoms with Crippen molar-refractivity contribution in [2.24, 2.45) is 0 Å². The van der Waals surface area contributed by atoms with Gasteiger partial charge in [-0.2, -0.15) is 0 Å². The van der Waals surface area contributed by atoms with Gasteiger partial charge >= 0.3 is 0 Å². The first kappa shape index (κ1) is 14.0. The molecular weight excluding hydrogens is 391 g/mol. The molecule has 1 aliphatic rings. The van der Waals surface area contributed by atoms with E-state index in [0.29, 0.717) is 10.2 Å². The van der Waals surface area contributed by atoms with Crippen LogP contribution < -0.4 is 5.32 Å². The van der Waals surface area contributed by atoms with Gasteiger partial charge in [0.25, 0.3) is 5.91 Å². The van der Waals surface area contributed by atoms with Crippen molar-refractivity contribution >= 4 is 37.8 Å². The Labute approximate surface area is 132 Å². The molecule has 0 saturated heterocycles. The van der Waals surface area contributed by atoms with E-state index in [1.807, 2.05) is 0 Å². The number of benzene rings is 1. The molecule has 0 amide bonds. The van der Waals surface area contributed by atoms with E-state index in [2.05, 4.69) is 37.2 Å². The second-order valence-electron chi connectivity index (χ2n) is 4.60. The maximum atomic E-state index is 13.0. The number of hydrogen-bond acceptors (Lipinski definition) is 2. The smallest absolute Gasteiger partial charge is 0.263 e. The fourth-order valence-corrected chi connectivity index (χ4v) is 3.56. The molecule has 2 heterocycles. The normalized spacial score (nSPS) is 14.2. The average molecular weight is 402 g/mol. The third kappa shape index (κ3) is 2.25. The van der Waals surface area contributed by atoms with Gasteiger partial charge in [-0.1, -0.05) is 0 Å². The Balaban J connectivity index is 2.10. The lowest BCUT2D eigenvalue weighted by molar-refractivity contribution is 0.0954. The first-order chi connectivity index (χ1) is 9.59. The Bertz CT molecular complexity index is 679. The molecule has 0 radical (unpaired) electrons. The van der Waals surface area contributed by atoms with Crippen molar-refractivity contribution in [3.63, 3.8) is 0 Å². The molecule has 1 aromatic carbocycles. The Hall–Kier alpha value is -0.980. The second-order valence-corrected chi connectivity index (χ2v) is 6.15. The van der Waals surface area contributed by atoms with Crippen molar-refractivity contribution in [3.8, 4) is 0 Å². The van der Waals surface area contributed by atoms with Crippen molar-refractivity contribution in [3.05, 3.63) is 56.0 Å². The lowest BCUT2D eigenvalue weighted by atomic mass is 10.1. The predicted octanol–water partition coefficient (Wildman–Crippen LogP) is 3.49. The highest BCUT2D eigenvalue weighted by atomic mass is 79.9. The molecule has 0 atom stereocenters. The highest BCUT2D eigenvalue weighted by Crippen LogP contribution is 2.35. The molecule has 0 aliphatic carbocycles. The van der Waals surface area contributed by atoms with E-state index >= 15 is 0 Å². The standard InChI is InChI=1S/C14H11Br2FN2O/c15-12-10-7-18-6-5-11(10)19(13(12)16)14(20)8-1-3-9(17)4-2-8/h1-4,18H,5-7H2. The monoisotopic (exact) mass is 400 g/mol. The number of hydrogen-bond donors (Lipinski definition) is 1. The van der Waals surface area contributed by atoms with E-state index in [4.69, 9.17) is 0 Å². The first-order valence-electron chi connectivity index (χ1n) is 6.18. The van der Waals surface area contributed by atoms with E-state index < -0.39 is 0 Å². The predicted molar refractivity (Wildman–Crippen MR) is 81.4 cm³/mol.